The van der Waals surface area contributed by atoms with E-state index < -0.39 is 17.8 Å². The summed E-state index contributed by atoms with van der Waals surface area (Å²) in [6, 6.07) is 0. The number of hydrogen-bond donors (Lipinski definition) is 2. The Morgan fingerprint density at radius 3 is 2.41 bits per heavy atom. The average molecular weight is 473 g/mol. The number of hydrogen-bond acceptors (Lipinski definition) is 4. The van der Waals surface area contributed by atoms with Crippen LogP contribution in [0.4, 0.5) is 0 Å². The number of ketones is 1. The highest BCUT2D eigenvalue weighted by molar-refractivity contribution is 5.85. The molecular formula is C30H48O4. The zero-order chi connectivity index (χ0) is 24.9. The Bertz CT molecular complexity index is 883. The molecule has 9 atom stereocenters. The first kappa shape index (κ1) is 25.0. The lowest BCUT2D eigenvalue weighted by atomic mass is 9.41. The van der Waals surface area contributed by atoms with Crippen LogP contribution in [0.15, 0.2) is 11.6 Å². The van der Waals surface area contributed by atoms with Crippen LogP contribution in [0.2, 0.25) is 0 Å². The van der Waals surface area contributed by atoms with Crippen molar-refractivity contribution in [1.29, 1.82) is 0 Å². The average Bonchev–Trinajstić information content (AvgIpc) is 3.02. The molecule has 0 aromatic rings. The summed E-state index contributed by atoms with van der Waals surface area (Å²) < 4.78 is 6.12. The van der Waals surface area contributed by atoms with Crippen LogP contribution in [0.3, 0.4) is 0 Å². The van der Waals surface area contributed by atoms with E-state index in [2.05, 4.69) is 40.7 Å². The molecule has 0 radical (unpaired) electrons. The predicted molar refractivity (Wildman–Crippen MR) is 134 cm³/mol. The van der Waals surface area contributed by atoms with Crippen LogP contribution in [-0.4, -0.2) is 40.4 Å². The zero-order valence-corrected chi connectivity index (χ0v) is 22.6. The summed E-state index contributed by atoms with van der Waals surface area (Å²) in [5.74, 6) is 2.37. The van der Waals surface area contributed by atoms with E-state index >= 15 is 0 Å². The molecule has 2 N–H and O–H groups in total. The van der Waals surface area contributed by atoms with Crippen LogP contribution in [-0.2, 0) is 9.53 Å². The van der Waals surface area contributed by atoms with Gasteiger partial charge in [0.1, 0.15) is 11.9 Å². The fourth-order valence-electron chi connectivity index (χ4n) is 10.1. The van der Waals surface area contributed by atoms with Crippen molar-refractivity contribution in [1.82, 2.24) is 0 Å². The zero-order valence-electron chi connectivity index (χ0n) is 22.6. The highest BCUT2D eigenvalue weighted by Gasteiger charge is 2.66. The van der Waals surface area contributed by atoms with E-state index in [0.717, 1.165) is 25.7 Å². The van der Waals surface area contributed by atoms with Crippen LogP contribution in [0.1, 0.15) is 99.8 Å². The fourth-order valence-corrected chi connectivity index (χ4v) is 10.1. The van der Waals surface area contributed by atoms with Crippen LogP contribution in [0, 0.1) is 45.3 Å². The van der Waals surface area contributed by atoms with Crippen LogP contribution in [0.25, 0.3) is 0 Å². The van der Waals surface area contributed by atoms with Gasteiger partial charge in [-0.05, 0) is 98.7 Å². The molecule has 3 saturated carbocycles. The maximum absolute atomic E-state index is 12.8. The molecule has 34 heavy (non-hydrogen) atoms. The number of carbonyl (C=O) groups is 1. The molecule has 4 fully saturated rings. The number of allylic oxidation sites excluding steroid dienone is 2. The van der Waals surface area contributed by atoms with E-state index in [9.17, 15) is 15.0 Å². The van der Waals surface area contributed by atoms with Gasteiger partial charge in [-0.1, -0.05) is 46.3 Å². The molecule has 0 aromatic heterocycles. The minimum absolute atomic E-state index is 0.179. The fraction of sp³-hybridized carbons (Fsp3) is 0.900. The number of aliphatic hydroxyl groups excluding tert-OH is 1. The van der Waals surface area contributed by atoms with Crippen LogP contribution >= 0.6 is 0 Å². The van der Waals surface area contributed by atoms with Gasteiger partial charge in [0.2, 0.25) is 0 Å². The molecule has 4 heteroatoms. The largest absolute Gasteiger partial charge is 0.390 e. The van der Waals surface area contributed by atoms with E-state index in [-0.39, 0.29) is 21.7 Å². The van der Waals surface area contributed by atoms with Gasteiger partial charge in [-0.25, -0.2) is 0 Å². The molecule has 1 heterocycles. The first-order chi connectivity index (χ1) is 15.7. The van der Waals surface area contributed by atoms with Gasteiger partial charge in [-0.15, -0.1) is 0 Å². The van der Waals surface area contributed by atoms with Crippen molar-refractivity contribution in [2.75, 3.05) is 6.61 Å². The van der Waals surface area contributed by atoms with Crippen molar-refractivity contribution in [2.24, 2.45) is 45.3 Å². The predicted octanol–water partition coefficient (Wildman–Crippen LogP) is 5.70. The number of carbonyl (C=O) groups excluding carboxylic acids is 1. The number of fused-ring (bicyclic) bond motifs is 5. The Hall–Kier alpha value is -0.710. The Morgan fingerprint density at radius 2 is 1.76 bits per heavy atom. The second-order valence-corrected chi connectivity index (χ2v) is 14.6. The topological polar surface area (TPSA) is 66.8 Å². The lowest BCUT2D eigenvalue weighted by Crippen LogP contribution is -2.58. The molecule has 4 aliphatic carbocycles. The van der Waals surface area contributed by atoms with Gasteiger partial charge in [-0.3, -0.25) is 4.79 Å². The van der Waals surface area contributed by atoms with Crippen molar-refractivity contribution in [3.05, 3.63) is 11.6 Å². The molecule has 0 unspecified atom stereocenters. The summed E-state index contributed by atoms with van der Waals surface area (Å²) in [6.07, 6.45) is 9.84. The van der Waals surface area contributed by atoms with Crippen molar-refractivity contribution in [3.63, 3.8) is 0 Å². The van der Waals surface area contributed by atoms with Crippen LogP contribution < -0.4 is 0 Å². The molecule has 5 rings (SSSR count). The van der Waals surface area contributed by atoms with Crippen molar-refractivity contribution >= 4 is 5.78 Å². The molecule has 0 bridgehead atoms. The van der Waals surface area contributed by atoms with E-state index in [1.165, 1.54) is 25.7 Å². The van der Waals surface area contributed by atoms with Gasteiger partial charge in [-0.2, -0.15) is 0 Å². The molecule has 192 valence electrons. The summed E-state index contributed by atoms with van der Waals surface area (Å²) in [6.45, 7) is 16.1. The third-order valence-electron chi connectivity index (χ3n) is 12.3. The second kappa shape index (κ2) is 7.65. The third-order valence-corrected chi connectivity index (χ3v) is 12.3. The Morgan fingerprint density at radius 1 is 1.06 bits per heavy atom. The van der Waals surface area contributed by atoms with Gasteiger partial charge in [0.25, 0.3) is 0 Å². The lowest BCUT2D eigenvalue weighted by Gasteiger charge is -2.63. The molecular weight excluding hydrogens is 424 g/mol. The Labute approximate surface area is 206 Å². The van der Waals surface area contributed by atoms with Gasteiger partial charge >= 0.3 is 0 Å². The highest BCUT2D eigenvalue weighted by atomic mass is 16.5. The van der Waals surface area contributed by atoms with Gasteiger partial charge in [0, 0.05) is 11.8 Å². The van der Waals surface area contributed by atoms with E-state index in [4.69, 9.17) is 4.74 Å². The Kier molecular flexibility index (Phi) is 5.62. The molecule has 0 amide bonds. The van der Waals surface area contributed by atoms with Crippen molar-refractivity contribution < 1.29 is 19.7 Å². The molecule has 0 aromatic carbocycles. The first-order valence-corrected chi connectivity index (χ1v) is 13.9. The molecule has 0 spiro atoms. The highest BCUT2D eigenvalue weighted by Crippen LogP contribution is 2.73. The van der Waals surface area contributed by atoms with Crippen LogP contribution in [0.5, 0.6) is 0 Å². The maximum Gasteiger partial charge on any atom is 0.138 e. The van der Waals surface area contributed by atoms with Crippen molar-refractivity contribution in [3.8, 4) is 0 Å². The maximum atomic E-state index is 12.8. The van der Waals surface area contributed by atoms with E-state index in [0.29, 0.717) is 36.1 Å². The molecule has 1 saturated heterocycles. The first-order valence-electron chi connectivity index (χ1n) is 13.9. The van der Waals surface area contributed by atoms with Gasteiger partial charge < -0.3 is 14.9 Å². The number of ether oxygens (including phenoxy) is 1. The summed E-state index contributed by atoms with van der Waals surface area (Å²) in [4.78, 5) is 12.8. The summed E-state index contributed by atoms with van der Waals surface area (Å²) in [5.41, 5.74) is 1.05. The summed E-state index contributed by atoms with van der Waals surface area (Å²) in [7, 11) is 0. The lowest BCUT2D eigenvalue weighted by molar-refractivity contribution is -0.187. The summed E-state index contributed by atoms with van der Waals surface area (Å²) in [5, 5.41) is 21.3. The molecule has 1 aliphatic heterocycles. The number of Topliss-reactive ketones (excluding diaryl/α,β-unsaturated/α-hetero) is 1. The smallest absolute Gasteiger partial charge is 0.138 e. The number of aliphatic hydroxyl groups is 2. The monoisotopic (exact) mass is 472 g/mol. The van der Waals surface area contributed by atoms with E-state index in [1.54, 1.807) is 19.4 Å². The third kappa shape index (κ3) is 3.23. The minimum atomic E-state index is -1.02. The normalized spacial score (nSPS) is 50.7. The second-order valence-electron chi connectivity index (χ2n) is 14.6. The SMILES string of the molecule is CC(C)(O)[C@H]1OC[C@H]([C@@H]2CC[C@]3(C)C4=CC[C@@H]5C(C)(C)C(=O)CC[C@]5(C)[C@H]4CC[C@@]23C)C[C@H]1O. The molecule has 5 aliphatic rings. The number of rotatable bonds is 2. The van der Waals surface area contributed by atoms with Gasteiger partial charge in [0.05, 0.1) is 18.3 Å². The van der Waals surface area contributed by atoms with Crippen molar-refractivity contribution in [2.45, 2.75) is 118 Å². The standard InChI is InChI=1S/C30H48O4/c1-26(2)23-9-8-21-20(28(23,5)13-12-24(26)32)11-15-29(6)19(10-14-30(21,29)7)18-16-22(31)25(34-17-18)27(3,4)33/h8,18-20,22-23,25,31,33H,9-17H2,1-7H3/t18-,19+,20+,22-,23-,25+,28-,29+,30-/m1/s1. The molecule has 4 nitrogen and oxygen atoms in total. The minimum Gasteiger partial charge on any atom is -0.390 e. The van der Waals surface area contributed by atoms with E-state index in [1.807, 2.05) is 0 Å². The van der Waals surface area contributed by atoms with Gasteiger partial charge in [0.15, 0.2) is 0 Å². The quantitative estimate of drug-likeness (QED) is 0.506. The Balaban J connectivity index is 1.43. The summed E-state index contributed by atoms with van der Waals surface area (Å²) >= 11 is 0.